The molecule has 2 unspecified atom stereocenters. The highest BCUT2D eigenvalue weighted by Gasteiger charge is 2.25. The molecule has 1 aliphatic rings. The van der Waals surface area contributed by atoms with E-state index in [4.69, 9.17) is 11.5 Å². The zero-order valence-electron chi connectivity index (χ0n) is 11.7. The second-order valence-corrected chi connectivity index (χ2v) is 5.48. The van der Waals surface area contributed by atoms with Gasteiger partial charge in [0.05, 0.1) is 5.56 Å². The van der Waals surface area contributed by atoms with E-state index < -0.39 is 5.91 Å². The van der Waals surface area contributed by atoms with Crippen LogP contribution < -0.4 is 16.4 Å². The molecule has 0 aliphatic carbocycles. The molecule has 1 aromatic carbocycles. The van der Waals surface area contributed by atoms with Crippen LogP contribution in [0.5, 0.6) is 0 Å². The number of carbonyl (C=O) groups excluding carboxylic acids is 1. The number of nitrogen functional groups attached to an aromatic ring is 1. The highest BCUT2D eigenvalue weighted by atomic mass is 16.1. The van der Waals surface area contributed by atoms with Gasteiger partial charge in [0.25, 0.3) is 5.91 Å². The summed E-state index contributed by atoms with van der Waals surface area (Å²) in [6, 6.07) is 6.06. The van der Waals surface area contributed by atoms with Crippen molar-refractivity contribution in [3.63, 3.8) is 0 Å². The zero-order valence-corrected chi connectivity index (χ0v) is 11.7. The molecule has 19 heavy (non-hydrogen) atoms. The molecule has 0 aromatic heterocycles. The summed E-state index contributed by atoms with van der Waals surface area (Å²) in [6.07, 6.45) is 3.65. The number of piperidine rings is 1. The van der Waals surface area contributed by atoms with Gasteiger partial charge in [-0.3, -0.25) is 4.79 Å². The summed E-state index contributed by atoms with van der Waals surface area (Å²) >= 11 is 0. The molecule has 0 saturated carbocycles. The highest BCUT2D eigenvalue weighted by Crippen LogP contribution is 2.31. The Bertz CT molecular complexity index is 472. The topological polar surface area (TPSA) is 72.3 Å². The zero-order chi connectivity index (χ0) is 14.0. The van der Waals surface area contributed by atoms with E-state index in [9.17, 15) is 4.79 Å². The second kappa shape index (κ2) is 5.51. The molecule has 4 N–H and O–H groups in total. The molecule has 1 amide bonds. The molecule has 1 heterocycles. The van der Waals surface area contributed by atoms with E-state index in [0.717, 1.165) is 18.2 Å². The van der Waals surface area contributed by atoms with Crippen LogP contribution in [0.15, 0.2) is 18.2 Å². The van der Waals surface area contributed by atoms with Crippen molar-refractivity contribution in [2.45, 2.75) is 39.2 Å². The summed E-state index contributed by atoms with van der Waals surface area (Å²) < 4.78 is 0. The Morgan fingerprint density at radius 2 is 2.21 bits per heavy atom. The first-order chi connectivity index (χ1) is 9.02. The Morgan fingerprint density at radius 1 is 1.47 bits per heavy atom. The Kier molecular flexibility index (Phi) is 3.98. The third-order valence-corrected chi connectivity index (χ3v) is 4.20. The van der Waals surface area contributed by atoms with Gasteiger partial charge in [0.2, 0.25) is 0 Å². The molecule has 1 fully saturated rings. The molecule has 4 nitrogen and oxygen atoms in total. The number of amides is 1. The van der Waals surface area contributed by atoms with Crippen molar-refractivity contribution in [1.29, 1.82) is 0 Å². The SMILES string of the molecule is CCC1CCN(c2ccc(N)c(C(N)=O)c2)C(C)C1. The summed E-state index contributed by atoms with van der Waals surface area (Å²) in [6.45, 7) is 5.52. The minimum atomic E-state index is -0.463. The van der Waals surface area contributed by atoms with Gasteiger partial charge in [-0.2, -0.15) is 0 Å². The maximum Gasteiger partial charge on any atom is 0.250 e. The van der Waals surface area contributed by atoms with Crippen LogP contribution in [0.3, 0.4) is 0 Å². The first kappa shape index (κ1) is 13.7. The Hall–Kier alpha value is -1.71. The van der Waals surface area contributed by atoms with E-state index >= 15 is 0 Å². The standard InChI is InChI=1S/C15H23N3O/c1-3-11-6-7-18(10(2)8-11)12-4-5-14(16)13(9-12)15(17)19/h4-5,9-11H,3,6-8,16H2,1-2H3,(H2,17,19). The molecule has 1 saturated heterocycles. The average Bonchev–Trinajstić information content (AvgIpc) is 2.39. The van der Waals surface area contributed by atoms with E-state index in [-0.39, 0.29) is 0 Å². The smallest absolute Gasteiger partial charge is 0.250 e. The number of hydrogen-bond donors (Lipinski definition) is 2. The van der Waals surface area contributed by atoms with Gasteiger partial charge < -0.3 is 16.4 Å². The highest BCUT2D eigenvalue weighted by molar-refractivity contribution is 5.99. The lowest BCUT2D eigenvalue weighted by atomic mass is 9.89. The molecular formula is C15H23N3O. The molecule has 0 bridgehead atoms. The first-order valence-electron chi connectivity index (χ1n) is 6.98. The number of primary amides is 1. The normalized spacial score (nSPS) is 23.4. The molecular weight excluding hydrogens is 238 g/mol. The molecule has 0 spiro atoms. The number of anilines is 2. The molecule has 1 aliphatic heterocycles. The van der Waals surface area contributed by atoms with Crippen LogP contribution >= 0.6 is 0 Å². The Labute approximate surface area is 114 Å². The van der Waals surface area contributed by atoms with Crippen LogP contribution in [-0.2, 0) is 0 Å². The summed E-state index contributed by atoms with van der Waals surface area (Å²) in [5, 5.41) is 0. The Morgan fingerprint density at radius 3 is 2.79 bits per heavy atom. The third-order valence-electron chi connectivity index (χ3n) is 4.20. The van der Waals surface area contributed by atoms with E-state index in [1.807, 2.05) is 12.1 Å². The average molecular weight is 261 g/mol. The Balaban J connectivity index is 2.23. The van der Waals surface area contributed by atoms with E-state index in [0.29, 0.717) is 17.3 Å². The monoisotopic (exact) mass is 261 g/mol. The van der Waals surface area contributed by atoms with Crippen LogP contribution in [0, 0.1) is 5.92 Å². The van der Waals surface area contributed by atoms with Crippen molar-refractivity contribution in [3.8, 4) is 0 Å². The van der Waals surface area contributed by atoms with Gasteiger partial charge >= 0.3 is 0 Å². The second-order valence-electron chi connectivity index (χ2n) is 5.48. The van der Waals surface area contributed by atoms with Crippen molar-refractivity contribution in [3.05, 3.63) is 23.8 Å². The van der Waals surface area contributed by atoms with Crippen LogP contribution in [0.2, 0.25) is 0 Å². The van der Waals surface area contributed by atoms with Gasteiger partial charge in [-0.25, -0.2) is 0 Å². The van der Waals surface area contributed by atoms with Crippen LogP contribution in [0.4, 0.5) is 11.4 Å². The third kappa shape index (κ3) is 2.83. The predicted octanol–water partition coefficient (Wildman–Crippen LogP) is 2.38. The maximum atomic E-state index is 11.4. The van der Waals surface area contributed by atoms with Crippen LogP contribution in [0.1, 0.15) is 43.5 Å². The number of carbonyl (C=O) groups is 1. The minimum Gasteiger partial charge on any atom is -0.398 e. The first-order valence-corrected chi connectivity index (χ1v) is 6.98. The van der Waals surface area contributed by atoms with Gasteiger partial charge in [-0.05, 0) is 43.9 Å². The van der Waals surface area contributed by atoms with E-state index in [2.05, 4.69) is 18.7 Å². The number of nitrogens with two attached hydrogens (primary N) is 2. The molecule has 1 aromatic rings. The molecule has 0 radical (unpaired) electrons. The van der Waals surface area contributed by atoms with Crippen molar-refractivity contribution >= 4 is 17.3 Å². The fraction of sp³-hybridized carbons (Fsp3) is 0.533. The van der Waals surface area contributed by atoms with Crippen molar-refractivity contribution in [2.75, 3.05) is 17.2 Å². The van der Waals surface area contributed by atoms with Crippen LogP contribution in [-0.4, -0.2) is 18.5 Å². The van der Waals surface area contributed by atoms with Crippen LogP contribution in [0.25, 0.3) is 0 Å². The minimum absolute atomic E-state index is 0.419. The van der Waals surface area contributed by atoms with Crippen molar-refractivity contribution in [1.82, 2.24) is 0 Å². The van der Waals surface area contributed by atoms with Gasteiger partial charge in [0.1, 0.15) is 0 Å². The van der Waals surface area contributed by atoms with Gasteiger partial charge in [-0.1, -0.05) is 13.3 Å². The van der Waals surface area contributed by atoms with Gasteiger partial charge in [-0.15, -0.1) is 0 Å². The number of rotatable bonds is 3. The quantitative estimate of drug-likeness (QED) is 0.820. The van der Waals surface area contributed by atoms with E-state index in [1.54, 1.807) is 6.07 Å². The largest absolute Gasteiger partial charge is 0.398 e. The lowest BCUT2D eigenvalue weighted by Gasteiger charge is -2.39. The predicted molar refractivity (Wildman–Crippen MR) is 79.2 cm³/mol. The summed E-state index contributed by atoms with van der Waals surface area (Å²) in [4.78, 5) is 13.7. The van der Waals surface area contributed by atoms with Crippen molar-refractivity contribution < 1.29 is 4.79 Å². The fourth-order valence-electron chi connectivity index (χ4n) is 2.96. The maximum absolute atomic E-state index is 11.4. The summed E-state index contributed by atoms with van der Waals surface area (Å²) in [7, 11) is 0. The number of benzene rings is 1. The lowest BCUT2D eigenvalue weighted by Crippen LogP contribution is -2.40. The molecule has 2 atom stereocenters. The molecule has 4 heteroatoms. The van der Waals surface area contributed by atoms with E-state index in [1.165, 1.54) is 19.3 Å². The van der Waals surface area contributed by atoms with Gasteiger partial charge in [0.15, 0.2) is 0 Å². The van der Waals surface area contributed by atoms with Gasteiger partial charge in [0, 0.05) is 24.0 Å². The number of hydrogen-bond acceptors (Lipinski definition) is 3. The number of nitrogens with zero attached hydrogens (tertiary/aromatic N) is 1. The molecule has 2 rings (SSSR count). The lowest BCUT2D eigenvalue weighted by molar-refractivity contribution is 0.100. The summed E-state index contributed by atoms with van der Waals surface area (Å²) in [5.41, 5.74) is 13.0. The summed E-state index contributed by atoms with van der Waals surface area (Å²) in [5.74, 6) is 0.353. The fourth-order valence-corrected chi connectivity index (χ4v) is 2.96. The molecule has 104 valence electrons. The van der Waals surface area contributed by atoms with Crippen molar-refractivity contribution in [2.24, 2.45) is 11.7 Å².